The van der Waals surface area contributed by atoms with Gasteiger partial charge >= 0.3 is 0 Å². The summed E-state index contributed by atoms with van der Waals surface area (Å²) in [4.78, 5) is 10.6. The van der Waals surface area contributed by atoms with Gasteiger partial charge in [0.1, 0.15) is 0 Å². The van der Waals surface area contributed by atoms with Crippen LogP contribution in [-0.4, -0.2) is 23.3 Å². The molecule has 2 aromatic rings. The van der Waals surface area contributed by atoms with E-state index in [0.29, 0.717) is 12.3 Å². The van der Waals surface area contributed by atoms with Crippen molar-refractivity contribution in [2.75, 3.05) is 7.11 Å². The fraction of sp³-hybridized carbons (Fsp3) is 0.111. The van der Waals surface area contributed by atoms with Crippen molar-refractivity contribution in [2.24, 2.45) is 0 Å². The van der Waals surface area contributed by atoms with Crippen molar-refractivity contribution in [1.82, 2.24) is 9.78 Å². The minimum Gasteiger partial charge on any atom is -0.479 e. The third-order valence-corrected chi connectivity index (χ3v) is 1.87. The highest BCUT2D eigenvalue weighted by Crippen LogP contribution is 2.22. The lowest BCUT2D eigenvalue weighted by Gasteiger charge is -1.91. The number of carbonyl (C=O) groups is 1. The van der Waals surface area contributed by atoms with Crippen LogP contribution in [0.2, 0.25) is 0 Å². The molecule has 0 spiro atoms. The van der Waals surface area contributed by atoms with Crippen molar-refractivity contribution in [3.8, 4) is 5.88 Å². The number of hydrogen-bond donors (Lipinski definition) is 0. The molecule has 0 fully saturated rings. The number of rotatable bonds is 2. The van der Waals surface area contributed by atoms with Crippen molar-refractivity contribution in [1.29, 1.82) is 0 Å². The highest BCUT2D eigenvalue weighted by molar-refractivity contribution is 5.88. The smallest absolute Gasteiger partial charge is 0.241 e. The van der Waals surface area contributed by atoms with E-state index in [1.165, 1.54) is 11.8 Å². The molecule has 0 atom stereocenters. The van der Waals surface area contributed by atoms with Gasteiger partial charge in [0.15, 0.2) is 0 Å². The number of ether oxygens (including phenoxy) is 1. The van der Waals surface area contributed by atoms with Gasteiger partial charge in [0.05, 0.1) is 18.0 Å². The second kappa shape index (κ2) is 2.90. The Kier molecular flexibility index (Phi) is 1.73. The fourth-order valence-corrected chi connectivity index (χ4v) is 1.29. The Balaban J connectivity index is 2.81. The van der Waals surface area contributed by atoms with E-state index in [0.717, 1.165) is 10.9 Å². The van der Waals surface area contributed by atoms with Gasteiger partial charge in [-0.3, -0.25) is 4.79 Å². The molecule has 0 bridgehead atoms. The SMILES string of the molecule is COc1nn(C=O)c2ccccc12. The first-order valence-corrected chi connectivity index (χ1v) is 3.83. The lowest BCUT2D eigenvalue weighted by molar-refractivity contribution is 0.398. The van der Waals surface area contributed by atoms with Gasteiger partial charge in [0, 0.05) is 0 Å². The lowest BCUT2D eigenvalue weighted by atomic mass is 10.2. The van der Waals surface area contributed by atoms with Crippen LogP contribution < -0.4 is 4.74 Å². The molecule has 66 valence electrons. The van der Waals surface area contributed by atoms with E-state index in [4.69, 9.17) is 4.74 Å². The van der Waals surface area contributed by atoms with Crippen molar-refractivity contribution in [2.45, 2.75) is 0 Å². The second-order valence-electron chi connectivity index (χ2n) is 2.58. The molecule has 13 heavy (non-hydrogen) atoms. The highest BCUT2D eigenvalue weighted by atomic mass is 16.5. The summed E-state index contributed by atoms with van der Waals surface area (Å²) < 4.78 is 6.28. The maximum atomic E-state index is 10.6. The van der Waals surface area contributed by atoms with Gasteiger partial charge in [0.25, 0.3) is 0 Å². The summed E-state index contributed by atoms with van der Waals surface area (Å²) in [6.45, 7) is 0. The zero-order valence-corrected chi connectivity index (χ0v) is 7.10. The first-order valence-electron chi connectivity index (χ1n) is 3.83. The summed E-state index contributed by atoms with van der Waals surface area (Å²) in [6.07, 6.45) is 0.658. The Morgan fingerprint density at radius 2 is 2.23 bits per heavy atom. The molecule has 0 amide bonds. The van der Waals surface area contributed by atoms with Crippen LogP contribution in [0.3, 0.4) is 0 Å². The normalized spacial score (nSPS) is 10.2. The molecule has 1 heterocycles. The van der Waals surface area contributed by atoms with Crippen molar-refractivity contribution < 1.29 is 9.53 Å². The van der Waals surface area contributed by atoms with Crippen molar-refractivity contribution in [3.63, 3.8) is 0 Å². The molecule has 0 N–H and O–H groups in total. The molecule has 2 rings (SSSR count). The van der Waals surface area contributed by atoms with Gasteiger partial charge in [-0.25, -0.2) is 0 Å². The number of benzene rings is 1. The first kappa shape index (κ1) is 7.79. The molecule has 1 aromatic heterocycles. The Hall–Kier alpha value is -1.84. The number of carbonyl (C=O) groups excluding carboxylic acids is 1. The summed E-state index contributed by atoms with van der Waals surface area (Å²) in [6, 6.07) is 7.41. The predicted molar refractivity (Wildman–Crippen MR) is 48.4 cm³/mol. The molecule has 0 aliphatic rings. The summed E-state index contributed by atoms with van der Waals surface area (Å²) >= 11 is 0. The molecule has 1 aromatic carbocycles. The highest BCUT2D eigenvalue weighted by Gasteiger charge is 2.08. The molecular weight excluding hydrogens is 168 g/mol. The largest absolute Gasteiger partial charge is 0.479 e. The van der Waals surface area contributed by atoms with Crippen LogP contribution in [0.25, 0.3) is 10.9 Å². The van der Waals surface area contributed by atoms with Crippen LogP contribution in [0, 0.1) is 0 Å². The van der Waals surface area contributed by atoms with Gasteiger partial charge in [0.2, 0.25) is 12.3 Å². The second-order valence-corrected chi connectivity index (χ2v) is 2.58. The third-order valence-electron chi connectivity index (χ3n) is 1.87. The van der Waals surface area contributed by atoms with Crippen molar-refractivity contribution >= 4 is 17.3 Å². The number of hydrogen-bond acceptors (Lipinski definition) is 3. The number of aromatic nitrogens is 2. The van der Waals surface area contributed by atoms with Gasteiger partial charge in [-0.05, 0) is 12.1 Å². The Morgan fingerprint density at radius 1 is 1.46 bits per heavy atom. The molecule has 0 aliphatic carbocycles. The van der Waals surface area contributed by atoms with E-state index in [1.807, 2.05) is 24.3 Å². The summed E-state index contributed by atoms with van der Waals surface area (Å²) in [7, 11) is 1.53. The maximum Gasteiger partial charge on any atom is 0.241 e. The number of fused-ring (bicyclic) bond motifs is 1. The van der Waals surface area contributed by atoms with E-state index in [-0.39, 0.29) is 0 Å². The number of methoxy groups -OCH3 is 1. The van der Waals surface area contributed by atoms with Crippen LogP contribution in [0.15, 0.2) is 24.3 Å². The average Bonchev–Trinajstić information content (AvgIpc) is 2.56. The van der Waals surface area contributed by atoms with Gasteiger partial charge < -0.3 is 4.74 Å². The minimum absolute atomic E-state index is 0.475. The molecule has 0 unspecified atom stereocenters. The summed E-state index contributed by atoms with van der Waals surface area (Å²) in [5.74, 6) is 0.475. The monoisotopic (exact) mass is 176 g/mol. The minimum atomic E-state index is 0.475. The van der Waals surface area contributed by atoms with Crippen LogP contribution >= 0.6 is 0 Å². The van der Waals surface area contributed by atoms with Crippen LogP contribution in [0.1, 0.15) is 0 Å². The lowest BCUT2D eigenvalue weighted by Crippen LogP contribution is -1.96. The predicted octanol–water partition coefficient (Wildman–Crippen LogP) is 1.08. The quantitative estimate of drug-likeness (QED) is 0.643. The molecule has 0 saturated heterocycles. The van der Waals surface area contributed by atoms with Gasteiger partial charge in [-0.15, -0.1) is 5.10 Å². The number of nitrogens with zero attached hydrogens (tertiary/aromatic N) is 2. The van der Waals surface area contributed by atoms with Gasteiger partial charge in [-0.2, -0.15) is 4.68 Å². The Bertz CT molecular complexity index is 448. The molecule has 4 nitrogen and oxygen atoms in total. The van der Waals surface area contributed by atoms with Crippen LogP contribution in [-0.2, 0) is 4.79 Å². The zero-order valence-electron chi connectivity index (χ0n) is 7.10. The molecular formula is C9H8N2O2. The third kappa shape index (κ3) is 1.07. The van der Waals surface area contributed by atoms with E-state index in [2.05, 4.69) is 5.10 Å². The van der Waals surface area contributed by atoms with Gasteiger partial charge in [-0.1, -0.05) is 12.1 Å². The van der Waals surface area contributed by atoms with E-state index in [1.54, 1.807) is 0 Å². The van der Waals surface area contributed by atoms with Crippen LogP contribution in [0.5, 0.6) is 5.88 Å². The topological polar surface area (TPSA) is 44.1 Å². The molecule has 4 heteroatoms. The average molecular weight is 176 g/mol. The Labute approximate surface area is 74.7 Å². The fourth-order valence-electron chi connectivity index (χ4n) is 1.29. The van der Waals surface area contributed by atoms with E-state index >= 15 is 0 Å². The summed E-state index contributed by atoms with van der Waals surface area (Å²) in [5.41, 5.74) is 0.759. The first-order chi connectivity index (χ1) is 6.36. The van der Waals surface area contributed by atoms with Crippen molar-refractivity contribution in [3.05, 3.63) is 24.3 Å². The molecule has 0 radical (unpaired) electrons. The zero-order chi connectivity index (χ0) is 9.26. The van der Waals surface area contributed by atoms with Crippen LogP contribution in [0.4, 0.5) is 0 Å². The standard InChI is InChI=1S/C9H8N2O2/c1-13-9-7-4-2-3-5-8(7)11(6-12)10-9/h2-6H,1H3. The molecule has 0 saturated carbocycles. The Morgan fingerprint density at radius 3 is 2.92 bits per heavy atom. The molecule has 0 aliphatic heterocycles. The van der Waals surface area contributed by atoms with E-state index < -0.39 is 0 Å². The summed E-state index contributed by atoms with van der Waals surface area (Å²) in [5, 5.41) is 4.80. The van der Waals surface area contributed by atoms with E-state index in [9.17, 15) is 4.79 Å². The maximum absolute atomic E-state index is 10.6. The number of para-hydroxylation sites is 1.